The summed E-state index contributed by atoms with van der Waals surface area (Å²) in [6.45, 7) is 5.11. The van der Waals surface area contributed by atoms with E-state index in [2.05, 4.69) is 45.1 Å². The number of anilines is 2. The second-order valence-electron chi connectivity index (χ2n) is 7.24. The molecule has 5 nitrogen and oxygen atoms in total. The Hall–Kier alpha value is -2.40. The third-order valence-electron chi connectivity index (χ3n) is 5.53. The van der Waals surface area contributed by atoms with Gasteiger partial charge in [-0.25, -0.2) is 0 Å². The van der Waals surface area contributed by atoms with Gasteiger partial charge in [0.25, 0.3) is 0 Å². The van der Waals surface area contributed by atoms with Crippen LogP contribution in [0.1, 0.15) is 24.0 Å². The van der Waals surface area contributed by atoms with Crippen LogP contribution in [0.3, 0.4) is 0 Å². The highest BCUT2D eigenvalue weighted by atomic mass is 16.2. The second kappa shape index (κ2) is 7.46. The van der Waals surface area contributed by atoms with Gasteiger partial charge in [-0.2, -0.15) is 0 Å². The molecule has 0 bridgehead atoms. The van der Waals surface area contributed by atoms with Crippen LogP contribution in [-0.4, -0.2) is 49.0 Å². The lowest BCUT2D eigenvalue weighted by molar-refractivity contribution is -0.118. The fourth-order valence-electron chi connectivity index (χ4n) is 3.94. The number of fused-ring (bicyclic) bond motifs is 1. The van der Waals surface area contributed by atoms with Crippen molar-refractivity contribution >= 4 is 17.3 Å². The predicted octanol–water partition coefficient (Wildman–Crippen LogP) is 2.70. The molecule has 4 rings (SSSR count). The molecule has 5 heteroatoms. The minimum Gasteiger partial charge on any atom is -0.369 e. The molecule has 136 valence electrons. The van der Waals surface area contributed by atoms with Gasteiger partial charge in [0.1, 0.15) is 0 Å². The van der Waals surface area contributed by atoms with E-state index in [9.17, 15) is 4.79 Å². The topological polar surface area (TPSA) is 39.7 Å². The van der Waals surface area contributed by atoms with E-state index < -0.39 is 0 Å². The summed E-state index contributed by atoms with van der Waals surface area (Å²) in [6.07, 6.45) is 6.31. The molecule has 1 aromatic heterocycles. The zero-order chi connectivity index (χ0) is 17.9. The van der Waals surface area contributed by atoms with E-state index in [0.717, 1.165) is 51.3 Å². The van der Waals surface area contributed by atoms with Crippen molar-refractivity contribution < 1.29 is 4.79 Å². The van der Waals surface area contributed by atoms with E-state index in [0.29, 0.717) is 6.42 Å². The number of hydrogen-bond acceptors (Lipinski definition) is 4. The molecular weight excluding hydrogens is 324 g/mol. The average Bonchev–Trinajstić information content (AvgIpc) is 2.82. The van der Waals surface area contributed by atoms with Crippen LogP contribution >= 0.6 is 0 Å². The fraction of sp³-hybridized carbons (Fsp3) is 0.429. The molecule has 0 atom stereocenters. The van der Waals surface area contributed by atoms with E-state index in [1.807, 2.05) is 24.3 Å². The standard InChI is InChI=1S/C21H26N4O/c1-23-20-15-17(5-6-18(20)3-2-4-21(23)26)16-24-11-13-25(14-12-24)19-7-9-22-10-8-19/h5-10,15H,2-4,11-14,16H2,1H3. The van der Waals surface area contributed by atoms with E-state index in [1.54, 1.807) is 0 Å². The minimum absolute atomic E-state index is 0.229. The lowest BCUT2D eigenvalue weighted by Crippen LogP contribution is -2.46. The number of carbonyl (C=O) groups excluding carboxylic acids is 1. The van der Waals surface area contributed by atoms with Crippen molar-refractivity contribution in [2.24, 2.45) is 0 Å². The number of hydrogen-bond donors (Lipinski definition) is 0. The highest BCUT2D eigenvalue weighted by Crippen LogP contribution is 2.28. The van der Waals surface area contributed by atoms with Crippen LogP contribution in [0.5, 0.6) is 0 Å². The quantitative estimate of drug-likeness (QED) is 0.853. The number of carbonyl (C=O) groups is 1. The van der Waals surface area contributed by atoms with Gasteiger partial charge in [-0.3, -0.25) is 14.7 Å². The highest BCUT2D eigenvalue weighted by molar-refractivity contribution is 5.94. The summed E-state index contributed by atoms with van der Waals surface area (Å²) in [6, 6.07) is 10.8. The Morgan fingerprint density at radius 3 is 2.54 bits per heavy atom. The van der Waals surface area contributed by atoms with Crippen molar-refractivity contribution in [2.45, 2.75) is 25.8 Å². The Morgan fingerprint density at radius 1 is 1.00 bits per heavy atom. The molecule has 1 amide bonds. The van der Waals surface area contributed by atoms with Crippen molar-refractivity contribution in [1.82, 2.24) is 9.88 Å². The van der Waals surface area contributed by atoms with Gasteiger partial charge in [0.2, 0.25) is 5.91 Å². The van der Waals surface area contributed by atoms with Gasteiger partial charge < -0.3 is 9.80 Å². The van der Waals surface area contributed by atoms with Crippen LogP contribution in [0, 0.1) is 0 Å². The molecule has 1 aromatic carbocycles. The van der Waals surface area contributed by atoms with Crippen LogP contribution in [0.4, 0.5) is 11.4 Å². The van der Waals surface area contributed by atoms with Crippen LogP contribution in [0.2, 0.25) is 0 Å². The molecule has 1 fully saturated rings. The molecule has 0 spiro atoms. The van der Waals surface area contributed by atoms with Gasteiger partial charge in [0.15, 0.2) is 0 Å². The maximum atomic E-state index is 12.2. The number of piperazine rings is 1. The number of pyridine rings is 1. The largest absolute Gasteiger partial charge is 0.369 e. The number of rotatable bonds is 3. The Balaban J connectivity index is 1.41. The summed E-state index contributed by atoms with van der Waals surface area (Å²) in [7, 11) is 1.91. The van der Waals surface area contributed by atoms with Crippen molar-refractivity contribution in [1.29, 1.82) is 0 Å². The molecule has 2 aliphatic rings. The van der Waals surface area contributed by atoms with Gasteiger partial charge in [-0.05, 0) is 42.2 Å². The van der Waals surface area contributed by atoms with Gasteiger partial charge in [0, 0.05) is 70.0 Å². The summed E-state index contributed by atoms with van der Waals surface area (Å²) < 4.78 is 0. The van der Waals surface area contributed by atoms with Crippen molar-refractivity contribution in [3.05, 3.63) is 53.9 Å². The SMILES string of the molecule is CN1C(=O)CCCc2ccc(CN3CCN(c4ccncc4)CC3)cc21. The third kappa shape index (κ3) is 3.58. The summed E-state index contributed by atoms with van der Waals surface area (Å²) in [4.78, 5) is 23.0. The molecular formula is C21H26N4O. The van der Waals surface area contributed by atoms with Crippen LogP contribution in [-0.2, 0) is 17.8 Å². The zero-order valence-electron chi connectivity index (χ0n) is 15.4. The molecule has 0 radical (unpaired) electrons. The lowest BCUT2D eigenvalue weighted by atomic mass is 10.0. The summed E-state index contributed by atoms with van der Waals surface area (Å²) in [5.41, 5.74) is 4.94. The highest BCUT2D eigenvalue weighted by Gasteiger charge is 2.21. The molecule has 26 heavy (non-hydrogen) atoms. The predicted molar refractivity (Wildman–Crippen MR) is 105 cm³/mol. The molecule has 3 heterocycles. The summed E-state index contributed by atoms with van der Waals surface area (Å²) >= 11 is 0. The Morgan fingerprint density at radius 2 is 1.77 bits per heavy atom. The second-order valence-corrected chi connectivity index (χ2v) is 7.24. The Kier molecular flexibility index (Phi) is 4.89. The number of aryl methyl sites for hydroxylation is 1. The zero-order valence-corrected chi connectivity index (χ0v) is 15.4. The van der Waals surface area contributed by atoms with Gasteiger partial charge in [0.05, 0.1) is 0 Å². The molecule has 2 aromatic rings. The molecule has 0 saturated carbocycles. The van der Waals surface area contributed by atoms with E-state index >= 15 is 0 Å². The normalized spacial score (nSPS) is 18.6. The van der Waals surface area contributed by atoms with E-state index in [1.165, 1.54) is 16.8 Å². The summed E-state index contributed by atoms with van der Waals surface area (Å²) in [5, 5.41) is 0. The van der Waals surface area contributed by atoms with Gasteiger partial charge in [-0.15, -0.1) is 0 Å². The Bertz CT molecular complexity index is 769. The van der Waals surface area contributed by atoms with Crippen LogP contribution < -0.4 is 9.80 Å². The van der Waals surface area contributed by atoms with Crippen molar-refractivity contribution in [2.75, 3.05) is 43.0 Å². The van der Waals surface area contributed by atoms with E-state index in [4.69, 9.17) is 0 Å². The lowest BCUT2D eigenvalue weighted by Gasteiger charge is -2.36. The average molecular weight is 350 g/mol. The Labute approximate surface area is 155 Å². The first kappa shape index (κ1) is 17.0. The molecule has 1 saturated heterocycles. The van der Waals surface area contributed by atoms with Crippen molar-refractivity contribution in [3.8, 4) is 0 Å². The monoisotopic (exact) mass is 350 g/mol. The first-order chi connectivity index (χ1) is 12.7. The smallest absolute Gasteiger partial charge is 0.226 e. The van der Waals surface area contributed by atoms with E-state index in [-0.39, 0.29) is 5.91 Å². The molecule has 0 aliphatic carbocycles. The molecule has 2 aliphatic heterocycles. The third-order valence-corrected chi connectivity index (χ3v) is 5.53. The van der Waals surface area contributed by atoms with Gasteiger partial charge in [-0.1, -0.05) is 12.1 Å². The number of amides is 1. The first-order valence-electron chi connectivity index (χ1n) is 9.46. The maximum absolute atomic E-state index is 12.2. The van der Waals surface area contributed by atoms with Gasteiger partial charge >= 0.3 is 0 Å². The molecule has 0 unspecified atom stereocenters. The number of nitrogens with zero attached hydrogens (tertiary/aromatic N) is 4. The number of aromatic nitrogens is 1. The summed E-state index contributed by atoms with van der Waals surface area (Å²) in [5.74, 6) is 0.229. The molecule has 0 N–H and O–H groups in total. The maximum Gasteiger partial charge on any atom is 0.226 e. The van der Waals surface area contributed by atoms with Crippen molar-refractivity contribution in [3.63, 3.8) is 0 Å². The van der Waals surface area contributed by atoms with Crippen LogP contribution in [0.15, 0.2) is 42.7 Å². The minimum atomic E-state index is 0.229. The fourth-order valence-corrected chi connectivity index (χ4v) is 3.94. The first-order valence-corrected chi connectivity index (χ1v) is 9.46. The van der Waals surface area contributed by atoms with Crippen LogP contribution in [0.25, 0.3) is 0 Å². The number of benzene rings is 1.